The summed E-state index contributed by atoms with van der Waals surface area (Å²) in [5.74, 6) is 0.0824. The summed E-state index contributed by atoms with van der Waals surface area (Å²) < 4.78 is 5.60. The van der Waals surface area contributed by atoms with Gasteiger partial charge in [0.05, 0.1) is 17.9 Å². The first-order valence-corrected chi connectivity index (χ1v) is 11.2. The van der Waals surface area contributed by atoms with Crippen molar-refractivity contribution >= 4 is 29.5 Å². The average Bonchev–Trinajstić information content (AvgIpc) is 3.23. The van der Waals surface area contributed by atoms with Gasteiger partial charge in [-0.2, -0.15) is 0 Å². The zero-order chi connectivity index (χ0) is 21.8. The van der Waals surface area contributed by atoms with E-state index in [4.69, 9.17) is 10.2 Å². The molecular weight excluding hydrogens is 414 g/mol. The molecule has 1 amide bonds. The maximum absolute atomic E-state index is 12.4. The van der Waals surface area contributed by atoms with Gasteiger partial charge in [-0.25, -0.2) is 9.97 Å². The van der Waals surface area contributed by atoms with Crippen LogP contribution in [0.3, 0.4) is 0 Å². The van der Waals surface area contributed by atoms with Gasteiger partial charge in [0.2, 0.25) is 5.91 Å². The Kier molecular flexibility index (Phi) is 6.47. The van der Waals surface area contributed by atoms with Crippen LogP contribution in [0.5, 0.6) is 0 Å². The normalized spacial score (nSPS) is 16.4. The van der Waals surface area contributed by atoms with Gasteiger partial charge in [0.25, 0.3) is 5.89 Å². The van der Waals surface area contributed by atoms with Gasteiger partial charge < -0.3 is 15.5 Å². The van der Waals surface area contributed by atoms with Crippen LogP contribution in [0.25, 0.3) is 22.8 Å². The number of nitrogens with two attached hydrogens (primary N) is 1. The van der Waals surface area contributed by atoms with Crippen LogP contribution in [-0.2, 0) is 4.79 Å². The van der Waals surface area contributed by atoms with Gasteiger partial charge in [0.1, 0.15) is 0 Å². The van der Waals surface area contributed by atoms with Crippen molar-refractivity contribution in [3.8, 4) is 22.8 Å². The Labute approximate surface area is 184 Å². The quantitative estimate of drug-likeness (QED) is 0.495. The van der Waals surface area contributed by atoms with E-state index in [0.29, 0.717) is 10.9 Å². The van der Waals surface area contributed by atoms with Gasteiger partial charge in [0.15, 0.2) is 11.5 Å². The number of aromatic nitrogens is 4. The Morgan fingerprint density at radius 1 is 1.26 bits per heavy atom. The highest BCUT2D eigenvalue weighted by Gasteiger charge is 2.23. The predicted molar refractivity (Wildman–Crippen MR) is 120 cm³/mol. The molecule has 4 N–H and O–H groups in total. The number of thioether (sulfide) groups is 1. The van der Waals surface area contributed by atoms with E-state index in [2.05, 4.69) is 56.8 Å². The molecule has 1 aliphatic rings. The van der Waals surface area contributed by atoms with E-state index in [1.165, 1.54) is 4.90 Å². The van der Waals surface area contributed by atoms with Crippen molar-refractivity contribution in [2.24, 2.45) is 0 Å². The lowest BCUT2D eigenvalue weighted by Crippen LogP contribution is -2.43. The van der Waals surface area contributed by atoms with E-state index in [0.717, 1.165) is 31.4 Å². The average molecular weight is 440 g/mol. The van der Waals surface area contributed by atoms with Crippen LogP contribution in [-0.4, -0.2) is 43.9 Å². The predicted octanol–water partition coefficient (Wildman–Crippen LogP) is 3.36. The summed E-state index contributed by atoms with van der Waals surface area (Å²) in [7, 11) is 0. The minimum Gasteiger partial charge on any atom is -0.401 e. The van der Waals surface area contributed by atoms with Crippen LogP contribution in [0.1, 0.15) is 33.1 Å². The number of benzene rings is 1. The lowest BCUT2D eigenvalue weighted by molar-refractivity contribution is -0.118. The number of anilines is 2. The first-order valence-electron chi connectivity index (χ1n) is 10.3. The zero-order valence-electron chi connectivity index (χ0n) is 17.5. The summed E-state index contributed by atoms with van der Waals surface area (Å²) in [6, 6.07) is 7.84. The molecule has 1 atom stereocenters. The maximum atomic E-state index is 12.4. The molecule has 2 aromatic heterocycles. The Bertz CT molecular complexity index is 1050. The van der Waals surface area contributed by atoms with Gasteiger partial charge in [-0.1, -0.05) is 37.5 Å². The monoisotopic (exact) mass is 439 g/mol. The third-order valence-corrected chi connectivity index (χ3v) is 5.82. The fourth-order valence-electron chi connectivity index (χ4n) is 3.31. The molecule has 0 radical (unpaired) electrons. The third kappa shape index (κ3) is 5.20. The molecule has 1 unspecified atom stereocenters. The summed E-state index contributed by atoms with van der Waals surface area (Å²) in [6.07, 6.45) is 4.47. The van der Waals surface area contributed by atoms with Crippen LogP contribution in [0.2, 0.25) is 0 Å². The van der Waals surface area contributed by atoms with E-state index in [9.17, 15) is 4.79 Å². The van der Waals surface area contributed by atoms with Crippen molar-refractivity contribution in [3.63, 3.8) is 0 Å². The van der Waals surface area contributed by atoms with Gasteiger partial charge in [-0.15, -0.1) is 16.9 Å². The van der Waals surface area contributed by atoms with Crippen molar-refractivity contribution in [3.05, 3.63) is 30.5 Å². The molecule has 0 bridgehead atoms. The number of carbonyl (C=O) groups is 1. The molecule has 0 spiro atoms. The largest absolute Gasteiger partial charge is 0.401 e. The van der Waals surface area contributed by atoms with E-state index >= 15 is 0 Å². The SMILES string of the molecule is CC(C)Sc1ccc(-c2cnc(N)c(-c3nnc(NC(=O)C4CCCCN4)o3)n2)cc1. The van der Waals surface area contributed by atoms with Crippen LogP contribution >= 0.6 is 11.8 Å². The first kappa shape index (κ1) is 21.3. The number of carbonyl (C=O) groups excluding carboxylic acids is 1. The highest BCUT2D eigenvalue weighted by molar-refractivity contribution is 7.99. The van der Waals surface area contributed by atoms with Crippen molar-refractivity contribution in [1.82, 2.24) is 25.5 Å². The number of amides is 1. The molecule has 0 aliphatic carbocycles. The molecular formula is C21H25N7O2S. The van der Waals surface area contributed by atoms with Crippen LogP contribution in [0.15, 0.2) is 39.8 Å². The van der Waals surface area contributed by atoms with Crippen molar-refractivity contribution in [2.75, 3.05) is 17.6 Å². The Morgan fingerprint density at radius 2 is 2.06 bits per heavy atom. The maximum Gasteiger partial charge on any atom is 0.322 e. The number of hydrogen-bond donors (Lipinski definition) is 3. The molecule has 4 rings (SSSR count). The second-order valence-corrected chi connectivity index (χ2v) is 9.23. The molecule has 0 saturated carbocycles. The molecule has 1 saturated heterocycles. The smallest absolute Gasteiger partial charge is 0.322 e. The van der Waals surface area contributed by atoms with Crippen LogP contribution in [0, 0.1) is 0 Å². The van der Waals surface area contributed by atoms with E-state index < -0.39 is 0 Å². The molecule has 9 nitrogen and oxygen atoms in total. The van der Waals surface area contributed by atoms with Crippen LogP contribution < -0.4 is 16.4 Å². The number of hydrogen-bond acceptors (Lipinski definition) is 9. The Hall–Kier alpha value is -2.98. The summed E-state index contributed by atoms with van der Waals surface area (Å²) in [5.41, 5.74) is 7.82. The standard InChI is InChI=1S/C21H25N7O2S/c1-12(2)31-14-8-6-13(7-9-14)16-11-24-18(22)17(25-16)20-27-28-21(30-20)26-19(29)15-5-3-4-10-23-15/h6-9,11-12,15,23H,3-5,10H2,1-2H3,(H2,22,24)(H,26,28,29). The van der Waals surface area contributed by atoms with Gasteiger partial charge in [-0.3, -0.25) is 10.1 Å². The summed E-state index contributed by atoms with van der Waals surface area (Å²) in [5, 5.41) is 14.2. The van der Waals surface area contributed by atoms with Gasteiger partial charge in [0, 0.05) is 15.7 Å². The number of nitrogen functional groups attached to an aromatic ring is 1. The number of piperidine rings is 1. The van der Waals surface area contributed by atoms with E-state index in [1.807, 2.05) is 12.1 Å². The molecule has 10 heteroatoms. The number of rotatable bonds is 6. The Balaban J connectivity index is 1.51. The van der Waals surface area contributed by atoms with Crippen molar-refractivity contribution in [1.29, 1.82) is 0 Å². The van der Waals surface area contributed by atoms with Crippen molar-refractivity contribution < 1.29 is 9.21 Å². The third-order valence-electron chi connectivity index (χ3n) is 4.81. The minimum atomic E-state index is -0.255. The fourth-order valence-corrected chi connectivity index (χ4v) is 4.15. The second kappa shape index (κ2) is 9.44. The molecule has 3 aromatic rings. The molecule has 1 fully saturated rings. The van der Waals surface area contributed by atoms with Gasteiger partial charge in [-0.05, 0) is 31.5 Å². The summed E-state index contributed by atoms with van der Waals surface area (Å²) in [6.45, 7) is 5.13. The molecule has 31 heavy (non-hydrogen) atoms. The van der Waals surface area contributed by atoms with E-state index in [1.54, 1.807) is 18.0 Å². The molecule has 3 heterocycles. The molecule has 1 aromatic carbocycles. The lowest BCUT2D eigenvalue weighted by Gasteiger charge is -2.21. The van der Waals surface area contributed by atoms with Crippen molar-refractivity contribution in [2.45, 2.75) is 49.3 Å². The summed E-state index contributed by atoms with van der Waals surface area (Å²) in [4.78, 5) is 22.3. The fraction of sp³-hybridized carbons (Fsp3) is 0.381. The molecule has 162 valence electrons. The van der Waals surface area contributed by atoms with E-state index in [-0.39, 0.29) is 35.4 Å². The second-order valence-electron chi connectivity index (χ2n) is 7.58. The summed E-state index contributed by atoms with van der Waals surface area (Å²) >= 11 is 1.79. The highest BCUT2D eigenvalue weighted by Crippen LogP contribution is 2.28. The number of nitrogens with zero attached hydrogens (tertiary/aromatic N) is 4. The highest BCUT2D eigenvalue weighted by atomic mass is 32.2. The van der Waals surface area contributed by atoms with Gasteiger partial charge >= 0.3 is 6.01 Å². The molecule has 1 aliphatic heterocycles. The minimum absolute atomic E-state index is 0.00837. The van der Waals surface area contributed by atoms with Crippen LogP contribution in [0.4, 0.5) is 11.8 Å². The lowest BCUT2D eigenvalue weighted by atomic mass is 10.0. The zero-order valence-corrected chi connectivity index (χ0v) is 18.3. The number of nitrogens with one attached hydrogen (secondary N) is 2. The first-order chi connectivity index (χ1) is 15.0. The Morgan fingerprint density at radius 3 is 2.77 bits per heavy atom. The topological polar surface area (TPSA) is 132 Å².